The molecule has 4 rings (SSSR count). The molecule has 3 aliphatic heterocycles. The van der Waals surface area contributed by atoms with Crippen LogP contribution in [0, 0.1) is 0 Å². The molecule has 0 radical (unpaired) electrons. The molecule has 33 heavy (non-hydrogen) atoms. The number of benzene rings is 1. The van der Waals surface area contributed by atoms with Crippen molar-refractivity contribution in [1.29, 1.82) is 0 Å². The summed E-state index contributed by atoms with van der Waals surface area (Å²) in [6, 6.07) is 11.4. The fraction of sp³-hybridized carbons (Fsp3) is 0.720. The standard InChI is InChI=1S/C25H41N5O2.HI/c1-3-26-25(30-16-18-32-24(20-30)23-11-7-17-31-23)27-12-8-13-29-15-14-28(2)19-22(29)21-9-5-4-6-10-21;/h4-6,9-10,22-24H,3,7-8,11-20H2,1-2H3,(H,26,27);1H. The summed E-state index contributed by atoms with van der Waals surface area (Å²) in [4.78, 5) is 12.4. The summed E-state index contributed by atoms with van der Waals surface area (Å²) in [5.41, 5.74) is 1.42. The van der Waals surface area contributed by atoms with Crippen LogP contribution >= 0.6 is 24.0 Å². The second kappa shape index (κ2) is 13.8. The van der Waals surface area contributed by atoms with Crippen molar-refractivity contribution < 1.29 is 9.47 Å². The van der Waals surface area contributed by atoms with Gasteiger partial charge < -0.3 is 24.6 Å². The summed E-state index contributed by atoms with van der Waals surface area (Å²) in [6.07, 6.45) is 3.73. The molecule has 0 aromatic heterocycles. The fourth-order valence-corrected chi connectivity index (χ4v) is 5.09. The lowest BCUT2D eigenvalue weighted by atomic mass is 10.0. The van der Waals surface area contributed by atoms with Gasteiger partial charge in [0.25, 0.3) is 0 Å². The zero-order valence-electron chi connectivity index (χ0n) is 20.3. The molecule has 0 aliphatic carbocycles. The Bertz CT molecular complexity index is 716. The molecule has 3 fully saturated rings. The highest BCUT2D eigenvalue weighted by Crippen LogP contribution is 2.25. The fourth-order valence-electron chi connectivity index (χ4n) is 5.09. The van der Waals surface area contributed by atoms with Gasteiger partial charge in [-0.2, -0.15) is 0 Å². The number of aliphatic imine (C=N–C) groups is 1. The van der Waals surface area contributed by atoms with Gasteiger partial charge in [0.15, 0.2) is 5.96 Å². The molecule has 7 nitrogen and oxygen atoms in total. The Balaban J connectivity index is 0.00000306. The van der Waals surface area contributed by atoms with Crippen LogP contribution < -0.4 is 5.32 Å². The van der Waals surface area contributed by atoms with Crippen molar-refractivity contribution in [2.75, 3.05) is 72.6 Å². The third-order valence-corrected chi connectivity index (χ3v) is 6.85. The average Bonchev–Trinajstić information content (AvgIpc) is 3.38. The Morgan fingerprint density at radius 1 is 1.06 bits per heavy atom. The number of halogens is 1. The van der Waals surface area contributed by atoms with E-state index < -0.39 is 0 Å². The van der Waals surface area contributed by atoms with Crippen LogP contribution in [0.2, 0.25) is 0 Å². The van der Waals surface area contributed by atoms with E-state index in [0.717, 1.165) is 90.8 Å². The number of guanidine groups is 1. The van der Waals surface area contributed by atoms with Gasteiger partial charge >= 0.3 is 0 Å². The van der Waals surface area contributed by atoms with Crippen molar-refractivity contribution in [3.8, 4) is 0 Å². The van der Waals surface area contributed by atoms with E-state index in [0.29, 0.717) is 6.04 Å². The molecule has 1 N–H and O–H groups in total. The van der Waals surface area contributed by atoms with Crippen LogP contribution in [0.5, 0.6) is 0 Å². The largest absolute Gasteiger partial charge is 0.375 e. The summed E-state index contributed by atoms with van der Waals surface area (Å²) in [5.74, 6) is 1.02. The molecule has 3 aliphatic rings. The van der Waals surface area contributed by atoms with Crippen molar-refractivity contribution in [2.24, 2.45) is 4.99 Å². The molecule has 0 saturated carbocycles. The molecule has 8 heteroatoms. The second-order valence-electron chi connectivity index (χ2n) is 9.22. The predicted octanol–water partition coefficient (Wildman–Crippen LogP) is 2.83. The van der Waals surface area contributed by atoms with E-state index in [9.17, 15) is 0 Å². The first-order valence-corrected chi connectivity index (χ1v) is 12.5. The van der Waals surface area contributed by atoms with Gasteiger partial charge in [-0.3, -0.25) is 9.89 Å². The van der Waals surface area contributed by atoms with Crippen LogP contribution in [-0.4, -0.2) is 105 Å². The summed E-state index contributed by atoms with van der Waals surface area (Å²) < 4.78 is 11.9. The summed E-state index contributed by atoms with van der Waals surface area (Å²) >= 11 is 0. The van der Waals surface area contributed by atoms with Gasteiger partial charge in [-0.15, -0.1) is 24.0 Å². The molecule has 3 unspecified atom stereocenters. The predicted molar refractivity (Wildman–Crippen MR) is 145 cm³/mol. The summed E-state index contributed by atoms with van der Waals surface area (Å²) in [7, 11) is 2.23. The number of nitrogens with one attached hydrogen (secondary N) is 1. The number of hydrogen-bond donors (Lipinski definition) is 1. The smallest absolute Gasteiger partial charge is 0.194 e. The number of morpholine rings is 1. The maximum atomic E-state index is 6.03. The molecular formula is C25H42IN5O2. The van der Waals surface area contributed by atoms with Crippen LogP contribution in [0.1, 0.15) is 37.8 Å². The van der Waals surface area contributed by atoms with E-state index in [-0.39, 0.29) is 36.2 Å². The lowest BCUT2D eigenvalue weighted by molar-refractivity contribution is -0.0817. The molecule has 0 spiro atoms. The van der Waals surface area contributed by atoms with E-state index >= 15 is 0 Å². The monoisotopic (exact) mass is 571 g/mol. The van der Waals surface area contributed by atoms with Gasteiger partial charge in [-0.25, -0.2) is 0 Å². The maximum Gasteiger partial charge on any atom is 0.194 e. The van der Waals surface area contributed by atoms with E-state index in [4.69, 9.17) is 14.5 Å². The van der Waals surface area contributed by atoms with E-state index in [1.54, 1.807) is 0 Å². The number of likely N-dealkylation sites (N-methyl/N-ethyl adjacent to an activating group) is 1. The zero-order chi connectivity index (χ0) is 22.2. The van der Waals surface area contributed by atoms with Gasteiger partial charge in [0.2, 0.25) is 0 Å². The zero-order valence-corrected chi connectivity index (χ0v) is 22.7. The summed E-state index contributed by atoms with van der Waals surface area (Å²) in [5, 5.41) is 3.50. The van der Waals surface area contributed by atoms with Gasteiger partial charge in [0, 0.05) is 65.0 Å². The van der Waals surface area contributed by atoms with Gasteiger partial charge in [-0.05, 0) is 38.8 Å². The molecule has 0 bridgehead atoms. The van der Waals surface area contributed by atoms with E-state index in [1.807, 2.05) is 0 Å². The third kappa shape index (κ3) is 7.52. The molecule has 1 aromatic rings. The van der Waals surface area contributed by atoms with Gasteiger partial charge in [0.1, 0.15) is 6.10 Å². The van der Waals surface area contributed by atoms with E-state index in [2.05, 4.69) is 64.3 Å². The van der Waals surface area contributed by atoms with Crippen molar-refractivity contribution in [2.45, 2.75) is 44.4 Å². The molecule has 3 heterocycles. The number of hydrogen-bond acceptors (Lipinski definition) is 5. The quantitative estimate of drug-likeness (QED) is 0.235. The lowest BCUT2D eigenvalue weighted by Gasteiger charge is -2.40. The first kappa shape index (κ1) is 26.7. The highest BCUT2D eigenvalue weighted by atomic mass is 127. The van der Waals surface area contributed by atoms with Crippen molar-refractivity contribution in [3.63, 3.8) is 0 Å². The Kier molecular flexibility index (Phi) is 11.2. The third-order valence-electron chi connectivity index (χ3n) is 6.85. The lowest BCUT2D eigenvalue weighted by Crippen LogP contribution is -2.53. The highest BCUT2D eigenvalue weighted by molar-refractivity contribution is 14.0. The molecule has 186 valence electrons. The first-order valence-electron chi connectivity index (χ1n) is 12.5. The van der Waals surface area contributed by atoms with Gasteiger partial charge in [-0.1, -0.05) is 30.3 Å². The summed E-state index contributed by atoms with van der Waals surface area (Å²) in [6.45, 7) is 11.7. The Morgan fingerprint density at radius 3 is 2.64 bits per heavy atom. The van der Waals surface area contributed by atoms with Crippen LogP contribution in [0.15, 0.2) is 35.3 Å². The Morgan fingerprint density at radius 2 is 1.88 bits per heavy atom. The number of nitrogens with zero attached hydrogens (tertiary/aromatic N) is 4. The molecular weight excluding hydrogens is 529 g/mol. The molecule has 1 aromatic carbocycles. The Labute approximate surface area is 216 Å². The SMILES string of the molecule is CCNC(=NCCCN1CCN(C)CC1c1ccccc1)N1CCOC(C2CCCO2)C1.I. The topological polar surface area (TPSA) is 52.6 Å². The van der Waals surface area contributed by atoms with Crippen LogP contribution in [-0.2, 0) is 9.47 Å². The minimum absolute atomic E-state index is 0. The maximum absolute atomic E-state index is 6.03. The Hall–Kier alpha value is -0.940. The average molecular weight is 572 g/mol. The second-order valence-corrected chi connectivity index (χ2v) is 9.22. The van der Waals surface area contributed by atoms with Crippen LogP contribution in [0.3, 0.4) is 0 Å². The van der Waals surface area contributed by atoms with Crippen LogP contribution in [0.4, 0.5) is 0 Å². The minimum atomic E-state index is 0. The van der Waals surface area contributed by atoms with E-state index in [1.165, 1.54) is 5.56 Å². The van der Waals surface area contributed by atoms with Crippen molar-refractivity contribution in [3.05, 3.63) is 35.9 Å². The number of ether oxygens (including phenoxy) is 2. The highest BCUT2D eigenvalue weighted by Gasteiger charge is 2.32. The van der Waals surface area contributed by atoms with Crippen LogP contribution in [0.25, 0.3) is 0 Å². The molecule has 3 atom stereocenters. The number of piperazine rings is 1. The van der Waals surface area contributed by atoms with Crippen molar-refractivity contribution in [1.82, 2.24) is 20.0 Å². The normalized spacial score (nSPS) is 27.4. The minimum Gasteiger partial charge on any atom is -0.375 e. The van der Waals surface area contributed by atoms with Crippen molar-refractivity contribution >= 4 is 29.9 Å². The van der Waals surface area contributed by atoms with Gasteiger partial charge in [0.05, 0.1) is 12.7 Å². The first-order chi connectivity index (χ1) is 15.7. The molecule has 0 amide bonds. The number of rotatable bonds is 7. The molecule has 3 saturated heterocycles.